The summed E-state index contributed by atoms with van der Waals surface area (Å²) in [5.41, 5.74) is 6.84. The van der Waals surface area contributed by atoms with Crippen molar-refractivity contribution in [3.05, 3.63) is 46.1 Å². The molecule has 4 aliphatic rings. The van der Waals surface area contributed by atoms with Crippen molar-refractivity contribution in [1.82, 2.24) is 10.2 Å². The minimum absolute atomic E-state index is 0.216. The molecule has 0 spiro atoms. The standard InChI is InChI=1S/C23H25ClF2N6S/c1-28-23(27)33-18-8-12(2-7-17(18)25)19-16(24)6-5-15-21(20(19)26)29-11-30-22(15)32-9-13-3-4-14(10-32)31-13/h2,7-8,11,13-15,31H,3-6,9-10H2,1H3,(H2,27,28). The third kappa shape index (κ3) is 4.34. The summed E-state index contributed by atoms with van der Waals surface area (Å²) in [6.07, 6.45) is 4.83. The molecular formula is C23H25ClF2N6S. The number of rotatable bonds is 2. The Kier molecular flexibility index (Phi) is 6.28. The monoisotopic (exact) mass is 490 g/mol. The second-order valence-electron chi connectivity index (χ2n) is 8.65. The lowest BCUT2D eigenvalue weighted by Gasteiger charge is -2.38. The number of nitrogens with one attached hydrogen (secondary N) is 1. The minimum Gasteiger partial charge on any atom is -0.378 e. The van der Waals surface area contributed by atoms with Gasteiger partial charge in [0.25, 0.3) is 0 Å². The maximum atomic E-state index is 16.0. The van der Waals surface area contributed by atoms with Crippen molar-refractivity contribution in [3.8, 4) is 0 Å². The molecule has 3 heterocycles. The highest BCUT2D eigenvalue weighted by atomic mass is 35.5. The van der Waals surface area contributed by atoms with E-state index in [-0.39, 0.29) is 21.6 Å². The maximum absolute atomic E-state index is 16.0. The first kappa shape index (κ1) is 22.6. The number of fused-ring (bicyclic) bond motifs is 3. The van der Waals surface area contributed by atoms with Gasteiger partial charge < -0.3 is 16.0 Å². The number of amidine groups is 2. The van der Waals surface area contributed by atoms with E-state index < -0.39 is 11.6 Å². The molecule has 1 aromatic rings. The Hall–Kier alpha value is -2.23. The number of thioether (sulfide) groups is 1. The van der Waals surface area contributed by atoms with Gasteiger partial charge in [0.2, 0.25) is 0 Å². The summed E-state index contributed by atoms with van der Waals surface area (Å²) in [6, 6.07) is 5.28. The first-order valence-electron chi connectivity index (χ1n) is 11.0. The zero-order chi connectivity index (χ0) is 23.1. The largest absolute Gasteiger partial charge is 0.378 e. The average molecular weight is 491 g/mol. The Morgan fingerprint density at radius 2 is 2.00 bits per heavy atom. The van der Waals surface area contributed by atoms with Crippen LogP contribution in [0.15, 0.2) is 54.6 Å². The van der Waals surface area contributed by atoms with Crippen LogP contribution in [-0.2, 0) is 0 Å². The van der Waals surface area contributed by atoms with Crippen molar-refractivity contribution in [2.24, 2.45) is 26.6 Å². The molecule has 3 unspecified atom stereocenters. The van der Waals surface area contributed by atoms with Crippen molar-refractivity contribution in [2.45, 2.75) is 42.7 Å². The van der Waals surface area contributed by atoms with Crippen LogP contribution in [0.4, 0.5) is 8.78 Å². The molecule has 0 saturated carbocycles. The molecule has 3 aliphatic heterocycles. The van der Waals surface area contributed by atoms with Crippen LogP contribution in [0, 0.1) is 11.7 Å². The number of hydrogen-bond acceptors (Lipinski definition) is 6. The molecular weight excluding hydrogens is 466 g/mol. The number of likely N-dealkylation sites (tertiary alicyclic amines) is 1. The predicted molar refractivity (Wildman–Crippen MR) is 131 cm³/mol. The fourth-order valence-corrected chi connectivity index (χ4v) is 6.01. The summed E-state index contributed by atoms with van der Waals surface area (Å²) in [4.78, 5) is 15.3. The molecule has 174 valence electrons. The summed E-state index contributed by atoms with van der Waals surface area (Å²) in [6.45, 7) is 1.73. The van der Waals surface area contributed by atoms with E-state index in [2.05, 4.69) is 25.2 Å². The second kappa shape index (κ2) is 9.19. The molecule has 10 heteroatoms. The van der Waals surface area contributed by atoms with Gasteiger partial charge in [-0.2, -0.15) is 0 Å². The van der Waals surface area contributed by atoms with Crippen molar-refractivity contribution in [1.29, 1.82) is 0 Å². The van der Waals surface area contributed by atoms with E-state index in [1.165, 1.54) is 25.5 Å². The number of piperazine rings is 1. The molecule has 5 rings (SSSR count). The minimum atomic E-state index is -0.482. The number of allylic oxidation sites excluding steroid dienone is 3. The van der Waals surface area contributed by atoms with Gasteiger partial charge in [-0.15, -0.1) is 0 Å². The highest BCUT2D eigenvalue weighted by Crippen LogP contribution is 2.43. The zero-order valence-electron chi connectivity index (χ0n) is 18.2. The number of aliphatic imine (C=N–C) groups is 3. The van der Waals surface area contributed by atoms with Crippen molar-refractivity contribution in [3.63, 3.8) is 0 Å². The number of nitrogens with zero attached hydrogens (tertiary/aromatic N) is 4. The predicted octanol–water partition coefficient (Wildman–Crippen LogP) is 4.28. The molecule has 0 aromatic heterocycles. The summed E-state index contributed by atoms with van der Waals surface area (Å²) in [5, 5.41) is 4.23. The van der Waals surface area contributed by atoms with Gasteiger partial charge in [0.05, 0.1) is 16.5 Å². The van der Waals surface area contributed by atoms with E-state index in [0.29, 0.717) is 41.2 Å². The Labute approximate surface area is 200 Å². The van der Waals surface area contributed by atoms with Crippen LogP contribution in [-0.4, -0.2) is 54.5 Å². The topological polar surface area (TPSA) is 78.4 Å². The molecule has 1 aliphatic carbocycles. The van der Waals surface area contributed by atoms with Gasteiger partial charge in [-0.05, 0) is 55.1 Å². The van der Waals surface area contributed by atoms with Crippen LogP contribution in [0.1, 0.15) is 31.2 Å². The first-order chi connectivity index (χ1) is 15.9. The molecule has 2 bridgehead atoms. The van der Waals surface area contributed by atoms with Crippen molar-refractivity contribution >= 4 is 46.3 Å². The third-order valence-corrected chi connectivity index (χ3v) is 7.89. The Morgan fingerprint density at radius 1 is 1.24 bits per heavy atom. The molecule has 0 amide bonds. The lowest BCUT2D eigenvalue weighted by atomic mass is 9.95. The van der Waals surface area contributed by atoms with Gasteiger partial charge in [-0.1, -0.05) is 17.7 Å². The SMILES string of the molecule is CN=C(N)Sc1cc(C2=C(Cl)CCC3C(N4CC5CCC(C4)N5)=NC=NC3=C2F)ccc1F. The van der Waals surface area contributed by atoms with Gasteiger partial charge in [-0.3, -0.25) is 4.99 Å². The highest BCUT2D eigenvalue weighted by Gasteiger charge is 2.39. The fraction of sp³-hybridized carbons (Fsp3) is 0.435. The van der Waals surface area contributed by atoms with E-state index in [1.54, 1.807) is 6.07 Å². The molecule has 33 heavy (non-hydrogen) atoms. The molecule has 2 saturated heterocycles. The summed E-state index contributed by atoms with van der Waals surface area (Å²) >= 11 is 7.63. The lowest BCUT2D eigenvalue weighted by molar-refractivity contribution is 0.278. The normalized spacial score (nSPS) is 27.6. The number of hydrogen-bond donors (Lipinski definition) is 2. The molecule has 2 fully saturated rings. The van der Waals surface area contributed by atoms with Crippen LogP contribution >= 0.6 is 23.4 Å². The third-order valence-electron chi connectivity index (χ3n) is 6.59. The zero-order valence-corrected chi connectivity index (χ0v) is 19.8. The fourth-order valence-electron chi connectivity index (χ4n) is 5.04. The molecule has 3 N–H and O–H groups in total. The van der Waals surface area contributed by atoms with Gasteiger partial charge in [-0.25, -0.2) is 18.8 Å². The lowest BCUT2D eigenvalue weighted by Crippen LogP contribution is -2.54. The Balaban J connectivity index is 1.49. The highest BCUT2D eigenvalue weighted by molar-refractivity contribution is 8.13. The van der Waals surface area contributed by atoms with Crippen LogP contribution in [0.25, 0.3) is 5.57 Å². The van der Waals surface area contributed by atoms with Crippen molar-refractivity contribution < 1.29 is 8.78 Å². The van der Waals surface area contributed by atoms with Gasteiger partial charge in [0.1, 0.15) is 18.0 Å². The summed E-state index contributed by atoms with van der Waals surface area (Å²) in [7, 11) is 1.53. The van der Waals surface area contributed by atoms with Crippen LogP contribution in [0.2, 0.25) is 0 Å². The smallest absolute Gasteiger partial charge is 0.158 e. The van der Waals surface area contributed by atoms with E-state index in [0.717, 1.165) is 43.5 Å². The van der Waals surface area contributed by atoms with Gasteiger partial charge in [0, 0.05) is 42.8 Å². The molecule has 1 aromatic carbocycles. The number of nitrogens with two attached hydrogens (primary N) is 1. The first-order valence-corrected chi connectivity index (χ1v) is 12.2. The Morgan fingerprint density at radius 3 is 2.73 bits per heavy atom. The number of halogens is 3. The average Bonchev–Trinajstić information content (AvgIpc) is 3.09. The quantitative estimate of drug-likeness (QED) is 0.368. The van der Waals surface area contributed by atoms with Crippen LogP contribution in [0.5, 0.6) is 0 Å². The summed E-state index contributed by atoms with van der Waals surface area (Å²) < 4.78 is 30.4. The van der Waals surface area contributed by atoms with Crippen LogP contribution in [0.3, 0.4) is 0 Å². The molecule has 0 radical (unpaired) electrons. The van der Waals surface area contributed by atoms with Crippen LogP contribution < -0.4 is 11.1 Å². The van der Waals surface area contributed by atoms with Gasteiger partial charge in [0.15, 0.2) is 11.0 Å². The molecule has 6 nitrogen and oxygen atoms in total. The van der Waals surface area contributed by atoms with E-state index in [9.17, 15) is 4.39 Å². The van der Waals surface area contributed by atoms with E-state index in [4.69, 9.17) is 17.3 Å². The Bertz CT molecular complexity index is 1120. The van der Waals surface area contributed by atoms with E-state index in [1.807, 2.05) is 0 Å². The molecule has 3 atom stereocenters. The second-order valence-corrected chi connectivity index (χ2v) is 10.2. The number of benzene rings is 1. The summed E-state index contributed by atoms with van der Waals surface area (Å²) in [5.74, 6) is -0.341. The maximum Gasteiger partial charge on any atom is 0.158 e. The van der Waals surface area contributed by atoms with E-state index >= 15 is 4.39 Å². The van der Waals surface area contributed by atoms with Crippen molar-refractivity contribution in [2.75, 3.05) is 20.1 Å². The van der Waals surface area contributed by atoms with Gasteiger partial charge >= 0.3 is 0 Å².